The van der Waals surface area contributed by atoms with Crippen LogP contribution in [-0.2, 0) is 0 Å². The Kier molecular flexibility index (Phi) is 3.10. The molecule has 0 aliphatic carbocycles. The van der Waals surface area contributed by atoms with Crippen molar-refractivity contribution in [3.8, 4) is 5.69 Å². The maximum Gasteiger partial charge on any atom is 0.173 e. The van der Waals surface area contributed by atoms with Crippen molar-refractivity contribution < 1.29 is 8.78 Å². The second-order valence-electron chi connectivity index (χ2n) is 3.55. The van der Waals surface area contributed by atoms with Crippen molar-refractivity contribution in [3.05, 3.63) is 35.7 Å². The fourth-order valence-corrected chi connectivity index (χ4v) is 1.42. The normalized spacial score (nSPS) is 12.7. The van der Waals surface area contributed by atoms with E-state index in [1.54, 1.807) is 7.05 Å². The summed E-state index contributed by atoms with van der Waals surface area (Å²) in [5, 5.41) is 13.9. The monoisotopic (exact) mass is 239 g/mol. The van der Waals surface area contributed by atoms with Gasteiger partial charge in [0.2, 0.25) is 0 Å². The van der Waals surface area contributed by atoms with Gasteiger partial charge >= 0.3 is 0 Å². The summed E-state index contributed by atoms with van der Waals surface area (Å²) in [6, 6.07) is 3.11. The standard InChI is InChI=1S/C10H11F2N5/c1-6(13-2)10-14-15-16-17(10)9-4-3-7(11)5-8(9)12/h3-6,13H,1-2H3. The molecule has 7 heteroatoms. The summed E-state index contributed by atoms with van der Waals surface area (Å²) in [6.45, 7) is 1.84. The zero-order valence-electron chi connectivity index (χ0n) is 9.35. The largest absolute Gasteiger partial charge is 0.311 e. The van der Waals surface area contributed by atoms with Crippen LogP contribution in [0.25, 0.3) is 5.69 Å². The van der Waals surface area contributed by atoms with Crippen LogP contribution >= 0.6 is 0 Å². The number of nitrogens with zero attached hydrogens (tertiary/aromatic N) is 4. The highest BCUT2D eigenvalue weighted by atomic mass is 19.1. The highest BCUT2D eigenvalue weighted by molar-refractivity contribution is 5.33. The predicted molar refractivity (Wildman–Crippen MR) is 56.5 cm³/mol. The van der Waals surface area contributed by atoms with E-state index in [0.29, 0.717) is 5.82 Å². The minimum atomic E-state index is -0.707. The van der Waals surface area contributed by atoms with Crippen LogP contribution in [0.5, 0.6) is 0 Å². The van der Waals surface area contributed by atoms with Gasteiger partial charge in [-0.15, -0.1) is 5.10 Å². The molecule has 0 saturated heterocycles. The van der Waals surface area contributed by atoms with Crippen LogP contribution in [0.15, 0.2) is 18.2 Å². The molecule has 0 saturated carbocycles. The van der Waals surface area contributed by atoms with E-state index in [0.717, 1.165) is 12.1 Å². The molecule has 1 N–H and O–H groups in total. The summed E-state index contributed by atoms with van der Waals surface area (Å²) < 4.78 is 27.6. The van der Waals surface area contributed by atoms with Gasteiger partial charge in [-0.05, 0) is 36.5 Å². The molecule has 1 aromatic heterocycles. The second kappa shape index (κ2) is 4.54. The molecule has 2 aromatic rings. The van der Waals surface area contributed by atoms with E-state index in [4.69, 9.17) is 0 Å². The van der Waals surface area contributed by atoms with Crippen molar-refractivity contribution >= 4 is 0 Å². The number of hydrogen-bond acceptors (Lipinski definition) is 4. The number of hydrogen-bond donors (Lipinski definition) is 1. The maximum atomic E-state index is 13.6. The van der Waals surface area contributed by atoms with E-state index in [1.807, 2.05) is 6.92 Å². The van der Waals surface area contributed by atoms with Crippen LogP contribution in [-0.4, -0.2) is 27.3 Å². The number of nitrogens with one attached hydrogen (secondary N) is 1. The number of tetrazole rings is 1. The number of rotatable bonds is 3. The molecule has 1 aromatic carbocycles. The van der Waals surface area contributed by atoms with Crippen molar-refractivity contribution in [2.24, 2.45) is 0 Å². The van der Waals surface area contributed by atoms with E-state index in [2.05, 4.69) is 20.8 Å². The van der Waals surface area contributed by atoms with Crippen molar-refractivity contribution in [1.29, 1.82) is 0 Å². The molecule has 90 valence electrons. The van der Waals surface area contributed by atoms with E-state index in [1.165, 1.54) is 10.7 Å². The average molecular weight is 239 g/mol. The van der Waals surface area contributed by atoms with Crippen molar-refractivity contribution in [1.82, 2.24) is 25.5 Å². The Morgan fingerprint density at radius 1 is 1.35 bits per heavy atom. The summed E-state index contributed by atoms with van der Waals surface area (Å²) in [7, 11) is 1.74. The van der Waals surface area contributed by atoms with E-state index in [9.17, 15) is 8.78 Å². The summed E-state index contributed by atoms with van der Waals surface area (Å²) in [5.41, 5.74) is 0.119. The Balaban J connectivity index is 2.50. The Morgan fingerprint density at radius 3 is 2.76 bits per heavy atom. The third kappa shape index (κ3) is 2.14. The van der Waals surface area contributed by atoms with Gasteiger partial charge < -0.3 is 5.32 Å². The number of halogens is 2. The van der Waals surface area contributed by atoms with Gasteiger partial charge in [0.1, 0.15) is 11.5 Å². The fraction of sp³-hybridized carbons (Fsp3) is 0.300. The van der Waals surface area contributed by atoms with E-state index < -0.39 is 11.6 Å². The van der Waals surface area contributed by atoms with Gasteiger partial charge in [-0.3, -0.25) is 0 Å². The zero-order chi connectivity index (χ0) is 12.4. The highest BCUT2D eigenvalue weighted by Gasteiger charge is 2.16. The molecule has 0 amide bonds. The Hall–Kier alpha value is -1.89. The molecule has 1 unspecified atom stereocenters. The molecule has 5 nitrogen and oxygen atoms in total. The van der Waals surface area contributed by atoms with Crippen LogP contribution < -0.4 is 5.32 Å². The van der Waals surface area contributed by atoms with Gasteiger partial charge in [0, 0.05) is 6.07 Å². The van der Waals surface area contributed by atoms with Crippen LogP contribution in [0, 0.1) is 11.6 Å². The molecular formula is C10H11F2N5. The van der Waals surface area contributed by atoms with Crippen molar-refractivity contribution in [2.75, 3.05) is 7.05 Å². The summed E-state index contributed by atoms with van der Waals surface area (Å²) in [4.78, 5) is 0. The zero-order valence-corrected chi connectivity index (χ0v) is 9.35. The van der Waals surface area contributed by atoms with E-state index >= 15 is 0 Å². The van der Waals surface area contributed by atoms with Gasteiger partial charge in [0.15, 0.2) is 11.6 Å². The maximum absolute atomic E-state index is 13.6. The van der Waals surface area contributed by atoms with E-state index in [-0.39, 0.29) is 11.7 Å². The lowest BCUT2D eigenvalue weighted by Gasteiger charge is -2.10. The SMILES string of the molecule is CNC(C)c1nnnn1-c1ccc(F)cc1F. The third-order valence-electron chi connectivity index (χ3n) is 2.45. The van der Waals surface area contributed by atoms with Gasteiger partial charge in [-0.25, -0.2) is 8.78 Å². The molecule has 0 aliphatic heterocycles. The Bertz CT molecular complexity index is 525. The quantitative estimate of drug-likeness (QED) is 0.875. The van der Waals surface area contributed by atoms with Crippen LogP contribution in [0.3, 0.4) is 0 Å². The Labute approximate surface area is 96.4 Å². The molecular weight excluding hydrogens is 228 g/mol. The molecule has 1 atom stereocenters. The first-order chi connectivity index (χ1) is 8.13. The molecule has 0 spiro atoms. The summed E-state index contributed by atoms with van der Waals surface area (Å²) in [6.07, 6.45) is 0. The first-order valence-electron chi connectivity index (χ1n) is 5.04. The van der Waals surface area contributed by atoms with Crippen LogP contribution in [0.2, 0.25) is 0 Å². The average Bonchev–Trinajstić information content (AvgIpc) is 2.77. The smallest absolute Gasteiger partial charge is 0.173 e. The van der Waals surface area contributed by atoms with Gasteiger partial charge in [0.05, 0.1) is 6.04 Å². The first-order valence-corrected chi connectivity index (χ1v) is 5.04. The highest BCUT2D eigenvalue weighted by Crippen LogP contribution is 2.17. The van der Waals surface area contributed by atoms with Crippen LogP contribution in [0.1, 0.15) is 18.8 Å². The molecule has 0 bridgehead atoms. The number of aromatic nitrogens is 4. The molecule has 1 heterocycles. The predicted octanol–water partition coefficient (Wildman–Crippen LogP) is 1.22. The molecule has 0 radical (unpaired) electrons. The second-order valence-corrected chi connectivity index (χ2v) is 3.55. The minimum Gasteiger partial charge on any atom is -0.311 e. The summed E-state index contributed by atoms with van der Waals surface area (Å²) >= 11 is 0. The minimum absolute atomic E-state index is 0.119. The third-order valence-corrected chi connectivity index (χ3v) is 2.45. The topological polar surface area (TPSA) is 55.6 Å². The van der Waals surface area contributed by atoms with Gasteiger partial charge in [-0.1, -0.05) is 0 Å². The van der Waals surface area contributed by atoms with Gasteiger partial charge in [0.25, 0.3) is 0 Å². The number of benzene rings is 1. The molecule has 0 aliphatic rings. The van der Waals surface area contributed by atoms with Gasteiger partial charge in [-0.2, -0.15) is 4.68 Å². The molecule has 0 fully saturated rings. The molecule has 2 rings (SSSR count). The first kappa shape index (κ1) is 11.6. The lowest BCUT2D eigenvalue weighted by Crippen LogP contribution is -2.18. The fourth-order valence-electron chi connectivity index (χ4n) is 1.42. The molecule has 17 heavy (non-hydrogen) atoms. The lowest BCUT2D eigenvalue weighted by atomic mass is 10.2. The summed E-state index contributed by atoms with van der Waals surface area (Å²) in [5.74, 6) is -0.887. The Morgan fingerprint density at radius 2 is 2.12 bits per heavy atom. The van der Waals surface area contributed by atoms with Crippen molar-refractivity contribution in [3.63, 3.8) is 0 Å². The lowest BCUT2D eigenvalue weighted by molar-refractivity contribution is 0.553. The van der Waals surface area contributed by atoms with Crippen molar-refractivity contribution in [2.45, 2.75) is 13.0 Å². The van der Waals surface area contributed by atoms with Crippen LogP contribution in [0.4, 0.5) is 8.78 Å².